The molecule has 0 amide bonds. The molecule has 4 N–H and O–H groups in total. The molecule has 1 aromatic carbocycles. The third-order valence-electron chi connectivity index (χ3n) is 5.24. The number of aliphatic hydroxyl groups excluding tert-OH is 1. The van der Waals surface area contributed by atoms with Crippen molar-refractivity contribution in [1.29, 1.82) is 0 Å². The van der Waals surface area contributed by atoms with E-state index in [-0.39, 0.29) is 42.8 Å². The Morgan fingerprint density at radius 2 is 2.07 bits per heavy atom. The second-order valence-corrected chi connectivity index (χ2v) is 8.54. The molecule has 154 valence electrons. The van der Waals surface area contributed by atoms with E-state index in [1.807, 2.05) is 11.5 Å². The monoisotopic (exact) mass is 419 g/mol. The standard InChI is InChI=1S/C18H22N5O5P/c1-11-2-4-13(5-3-11)28-29(25,26)27-9-14-12(8-24)6-16(14)23-10-21-15-7-20-18(19)22-17(15)23/h2-5,7,10,12,14,16,24H,6,8-9H2,1H3,(H,25,26)(H2,19,20,22)/t12-,14-,16-/m1/s1. The zero-order valence-electron chi connectivity index (χ0n) is 15.8. The van der Waals surface area contributed by atoms with Crippen LogP contribution in [0.5, 0.6) is 5.75 Å². The van der Waals surface area contributed by atoms with Gasteiger partial charge in [-0.15, -0.1) is 0 Å². The molecule has 10 nitrogen and oxygen atoms in total. The van der Waals surface area contributed by atoms with E-state index in [4.69, 9.17) is 14.8 Å². The van der Waals surface area contributed by atoms with Crippen molar-refractivity contribution in [1.82, 2.24) is 19.5 Å². The molecule has 1 aliphatic carbocycles. The number of hydrogen-bond donors (Lipinski definition) is 3. The van der Waals surface area contributed by atoms with E-state index < -0.39 is 7.82 Å². The van der Waals surface area contributed by atoms with E-state index in [1.165, 1.54) is 0 Å². The van der Waals surface area contributed by atoms with Crippen LogP contribution in [0.15, 0.2) is 36.8 Å². The first-order chi connectivity index (χ1) is 13.9. The quantitative estimate of drug-likeness (QED) is 0.490. The van der Waals surface area contributed by atoms with Crippen LogP contribution in [0.4, 0.5) is 5.95 Å². The Bertz CT molecular complexity index is 1060. The molecule has 0 spiro atoms. The van der Waals surface area contributed by atoms with Crippen molar-refractivity contribution in [3.05, 3.63) is 42.4 Å². The Kier molecular flexibility index (Phi) is 5.26. The van der Waals surface area contributed by atoms with Gasteiger partial charge in [-0.2, -0.15) is 4.98 Å². The number of anilines is 1. The highest BCUT2D eigenvalue weighted by Gasteiger charge is 2.44. The van der Waals surface area contributed by atoms with E-state index in [1.54, 1.807) is 36.8 Å². The summed E-state index contributed by atoms with van der Waals surface area (Å²) in [4.78, 5) is 22.5. The zero-order valence-corrected chi connectivity index (χ0v) is 16.6. The molecule has 1 saturated carbocycles. The first kappa shape index (κ1) is 19.8. The van der Waals surface area contributed by atoms with Crippen LogP contribution in [0.3, 0.4) is 0 Å². The molecular formula is C18H22N5O5P. The minimum absolute atomic E-state index is 0.0527. The molecule has 11 heteroatoms. The molecule has 29 heavy (non-hydrogen) atoms. The fraction of sp³-hybridized carbons (Fsp3) is 0.389. The Labute approximate surface area is 167 Å². The summed E-state index contributed by atoms with van der Waals surface area (Å²) in [5.41, 5.74) is 7.86. The molecular weight excluding hydrogens is 397 g/mol. The maximum Gasteiger partial charge on any atom is 0.527 e. The van der Waals surface area contributed by atoms with Crippen molar-refractivity contribution in [2.24, 2.45) is 11.8 Å². The molecule has 0 radical (unpaired) electrons. The van der Waals surface area contributed by atoms with Crippen molar-refractivity contribution < 1.29 is 23.6 Å². The molecule has 3 aromatic rings. The van der Waals surface area contributed by atoms with Crippen LogP contribution in [-0.4, -0.2) is 42.7 Å². The number of nitrogen functional groups attached to an aromatic ring is 1. The van der Waals surface area contributed by atoms with Crippen molar-refractivity contribution in [3.8, 4) is 5.75 Å². The topological polar surface area (TPSA) is 146 Å². The fourth-order valence-corrected chi connectivity index (χ4v) is 4.38. The highest BCUT2D eigenvalue weighted by molar-refractivity contribution is 7.47. The lowest BCUT2D eigenvalue weighted by Gasteiger charge is -2.44. The average Bonchev–Trinajstić information content (AvgIpc) is 3.06. The first-order valence-corrected chi connectivity index (χ1v) is 10.7. The second kappa shape index (κ2) is 7.72. The molecule has 4 atom stereocenters. The van der Waals surface area contributed by atoms with E-state index in [0.29, 0.717) is 17.6 Å². The van der Waals surface area contributed by atoms with E-state index in [9.17, 15) is 14.6 Å². The minimum Gasteiger partial charge on any atom is -0.404 e. The normalized spacial score (nSPS) is 23.5. The van der Waals surface area contributed by atoms with Crippen LogP contribution in [0.25, 0.3) is 11.2 Å². The number of aryl methyl sites for hydroxylation is 1. The van der Waals surface area contributed by atoms with E-state index >= 15 is 0 Å². The van der Waals surface area contributed by atoms with Gasteiger partial charge in [0.1, 0.15) is 11.3 Å². The molecule has 2 heterocycles. The third-order valence-corrected chi connectivity index (χ3v) is 6.16. The van der Waals surface area contributed by atoms with Gasteiger partial charge in [-0.05, 0) is 31.4 Å². The fourth-order valence-electron chi connectivity index (χ4n) is 3.58. The number of rotatable bonds is 7. The van der Waals surface area contributed by atoms with Crippen LogP contribution >= 0.6 is 7.82 Å². The van der Waals surface area contributed by atoms with Crippen LogP contribution in [-0.2, 0) is 9.09 Å². The van der Waals surface area contributed by atoms with Gasteiger partial charge in [0.05, 0.1) is 19.1 Å². The van der Waals surface area contributed by atoms with Gasteiger partial charge in [-0.1, -0.05) is 17.7 Å². The van der Waals surface area contributed by atoms with Crippen molar-refractivity contribution in [2.45, 2.75) is 19.4 Å². The lowest BCUT2D eigenvalue weighted by Crippen LogP contribution is -2.43. The van der Waals surface area contributed by atoms with Crippen molar-refractivity contribution in [3.63, 3.8) is 0 Å². The number of imidazole rings is 1. The number of aromatic nitrogens is 4. The van der Waals surface area contributed by atoms with Gasteiger partial charge in [0.2, 0.25) is 5.95 Å². The number of fused-ring (bicyclic) bond motifs is 1. The van der Waals surface area contributed by atoms with Crippen LogP contribution in [0.1, 0.15) is 18.0 Å². The molecule has 1 unspecified atom stereocenters. The van der Waals surface area contributed by atoms with Crippen molar-refractivity contribution in [2.75, 3.05) is 18.9 Å². The number of benzene rings is 1. The number of aliphatic hydroxyl groups is 1. The van der Waals surface area contributed by atoms with Crippen LogP contribution < -0.4 is 10.3 Å². The summed E-state index contributed by atoms with van der Waals surface area (Å²) in [6.45, 7) is 1.79. The van der Waals surface area contributed by atoms with Crippen LogP contribution in [0, 0.1) is 18.8 Å². The second-order valence-electron chi connectivity index (χ2n) is 7.17. The Morgan fingerprint density at radius 3 is 2.79 bits per heavy atom. The average molecular weight is 419 g/mol. The first-order valence-electron chi connectivity index (χ1n) is 9.16. The maximum atomic E-state index is 12.4. The molecule has 4 rings (SSSR count). The van der Waals surface area contributed by atoms with Gasteiger partial charge in [0.15, 0.2) is 5.65 Å². The summed E-state index contributed by atoms with van der Waals surface area (Å²) in [5.74, 6) is 0.0983. The number of phosphoric acid groups is 1. The van der Waals surface area contributed by atoms with Gasteiger partial charge in [0.25, 0.3) is 0 Å². The molecule has 0 saturated heterocycles. The molecule has 0 aliphatic heterocycles. The number of hydrogen-bond acceptors (Lipinski definition) is 8. The number of nitrogens with two attached hydrogens (primary N) is 1. The minimum atomic E-state index is -4.31. The number of phosphoric ester groups is 1. The van der Waals surface area contributed by atoms with Gasteiger partial charge < -0.3 is 19.9 Å². The summed E-state index contributed by atoms with van der Waals surface area (Å²) in [6, 6.07) is 6.65. The number of nitrogens with zero attached hydrogens (tertiary/aromatic N) is 4. The summed E-state index contributed by atoms with van der Waals surface area (Å²) < 4.78 is 24.6. The Balaban J connectivity index is 1.47. The highest BCUT2D eigenvalue weighted by Crippen LogP contribution is 2.50. The van der Waals surface area contributed by atoms with E-state index in [0.717, 1.165) is 5.56 Å². The largest absolute Gasteiger partial charge is 0.527 e. The van der Waals surface area contributed by atoms with E-state index in [2.05, 4.69) is 15.0 Å². The van der Waals surface area contributed by atoms with Crippen LogP contribution in [0.2, 0.25) is 0 Å². The molecule has 1 aliphatic rings. The highest BCUT2D eigenvalue weighted by atomic mass is 31.2. The summed E-state index contributed by atoms with van der Waals surface area (Å²) >= 11 is 0. The smallest absolute Gasteiger partial charge is 0.404 e. The summed E-state index contributed by atoms with van der Waals surface area (Å²) in [5, 5.41) is 9.63. The molecule has 0 bridgehead atoms. The molecule has 2 aromatic heterocycles. The predicted octanol–water partition coefficient (Wildman–Crippen LogP) is 2.08. The van der Waals surface area contributed by atoms with Gasteiger partial charge in [-0.25, -0.2) is 14.5 Å². The predicted molar refractivity (Wildman–Crippen MR) is 105 cm³/mol. The summed E-state index contributed by atoms with van der Waals surface area (Å²) in [7, 11) is -4.31. The SMILES string of the molecule is Cc1ccc(OP(=O)(O)OC[C@@H]2[C@@H](CO)C[C@H]2n2cnc3cnc(N)nc32)cc1. The lowest BCUT2D eigenvalue weighted by atomic mass is 9.70. The maximum absolute atomic E-state index is 12.4. The summed E-state index contributed by atoms with van der Waals surface area (Å²) in [6.07, 6.45) is 3.83. The van der Waals surface area contributed by atoms with Gasteiger partial charge >= 0.3 is 7.82 Å². The van der Waals surface area contributed by atoms with Gasteiger partial charge in [-0.3, -0.25) is 9.42 Å². The van der Waals surface area contributed by atoms with Crippen molar-refractivity contribution >= 4 is 24.9 Å². The Morgan fingerprint density at radius 1 is 1.31 bits per heavy atom. The zero-order chi connectivity index (χ0) is 20.6. The lowest BCUT2D eigenvalue weighted by molar-refractivity contribution is -0.00476. The molecule has 1 fully saturated rings. The third kappa shape index (κ3) is 4.11. The van der Waals surface area contributed by atoms with Gasteiger partial charge in [0, 0.05) is 18.6 Å². The Hall–Kier alpha value is -2.52.